The van der Waals surface area contributed by atoms with Gasteiger partial charge in [0.25, 0.3) is 11.8 Å². The fraction of sp³-hybridized carbons (Fsp3) is 0.0870. The zero-order valence-electron chi connectivity index (χ0n) is 16.3. The summed E-state index contributed by atoms with van der Waals surface area (Å²) < 4.78 is 10.4. The van der Waals surface area contributed by atoms with Crippen molar-refractivity contribution in [2.75, 3.05) is 7.11 Å². The zero-order valence-corrected chi connectivity index (χ0v) is 16.3. The number of nitrogens with one attached hydrogen (secondary N) is 2. The van der Waals surface area contributed by atoms with Crippen molar-refractivity contribution in [1.82, 2.24) is 10.9 Å². The fourth-order valence-corrected chi connectivity index (χ4v) is 2.64. The second-order valence-electron chi connectivity index (χ2n) is 6.25. The van der Waals surface area contributed by atoms with Crippen LogP contribution in [0.5, 0.6) is 5.75 Å². The van der Waals surface area contributed by atoms with E-state index < -0.39 is 17.8 Å². The molecule has 0 atom stereocenters. The van der Waals surface area contributed by atoms with E-state index in [0.29, 0.717) is 17.9 Å². The minimum Gasteiger partial charge on any atom is -0.488 e. The molecule has 7 heteroatoms. The average molecular weight is 404 g/mol. The topological polar surface area (TPSA) is 93.7 Å². The number of rotatable bonds is 6. The molecule has 0 unspecified atom stereocenters. The Labute approximate surface area is 173 Å². The molecule has 0 aliphatic carbocycles. The van der Waals surface area contributed by atoms with Crippen LogP contribution < -0.4 is 15.6 Å². The SMILES string of the molecule is COC(=O)c1ccc(C(=O)NNC(=O)c2ccccc2OCc2ccccc2)cc1. The largest absolute Gasteiger partial charge is 0.488 e. The van der Waals surface area contributed by atoms with E-state index in [1.807, 2.05) is 30.3 Å². The molecule has 0 fully saturated rings. The molecule has 0 radical (unpaired) electrons. The van der Waals surface area contributed by atoms with Crippen LogP contribution in [0.3, 0.4) is 0 Å². The Hall–Kier alpha value is -4.13. The summed E-state index contributed by atoms with van der Waals surface area (Å²) in [6.45, 7) is 0.310. The molecule has 3 rings (SSSR count). The van der Waals surface area contributed by atoms with Gasteiger partial charge in [0, 0.05) is 5.56 Å². The highest BCUT2D eigenvalue weighted by atomic mass is 16.5. The van der Waals surface area contributed by atoms with Crippen molar-refractivity contribution in [2.24, 2.45) is 0 Å². The molecule has 3 aromatic carbocycles. The Morgan fingerprint density at radius 3 is 2.03 bits per heavy atom. The van der Waals surface area contributed by atoms with E-state index in [0.717, 1.165) is 5.56 Å². The van der Waals surface area contributed by atoms with Gasteiger partial charge in [0.15, 0.2) is 0 Å². The normalized spacial score (nSPS) is 10.0. The first kappa shape index (κ1) is 20.6. The van der Waals surface area contributed by atoms with E-state index in [1.54, 1.807) is 24.3 Å². The van der Waals surface area contributed by atoms with Gasteiger partial charge in [-0.05, 0) is 42.0 Å². The van der Waals surface area contributed by atoms with Gasteiger partial charge in [-0.1, -0.05) is 42.5 Å². The summed E-state index contributed by atoms with van der Waals surface area (Å²) in [6.07, 6.45) is 0. The van der Waals surface area contributed by atoms with E-state index in [1.165, 1.54) is 31.4 Å². The molecule has 0 saturated carbocycles. The van der Waals surface area contributed by atoms with Crippen LogP contribution in [-0.4, -0.2) is 24.9 Å². The van der Waals surface area contributed by atoms with Crippen LogP contribution in [0.2, 0.25) is 0 Å². The minimum atomic E-state index is -0.526. The Morgan fingerprint density at radius 2 is 1.33 bits per heavy atom. The monoisotopic (exact) mass is 404 g/mol. The van der Waals surface area contributed by atoms with Crippen molar-refractivity contribution in [3.63, 3.8) is 0 Å². The summed E-state index contributed by atoms with van der Waals surface area (Å²) in [5.74, 6) is -1.14. The predicted octanol–water partition coefficient (Wildman–Crippen LogP) is 3.13. The van der Waals surface area contributed by atoms with E-state index in [2.05, 4.69) is 15.6 Å². The van der Waals surface area contributed by atoms with E-state index in [4.69, 9.17) is 4.74 Å². The second-order valence-corrected chi connectivity index (χ2v) is 6.25. The highest BCUT2D eigenvalue weighted by Gasteiger charge is 2.14. The minimum absolute atomic E-state index is 0.275. The van der Waals surface area contributed by atoms with E-state index in [-0.39, 0.29) is 11.1 Å². The van der Waals surface area contributed by atoms with Gasteiger partial charge in [-0.2, -0.15) is 0 Å². The lowest BCUT2D eigenvalue weighted by atomic mass is 10.1. The van der Waals surface area contributed by atoms with Crippen LogP contribution in [0.15, 0.2) is 78.9 Å². The molecule has 0 aliphatic rings. The lowest BCUT2D eigenvalue weighted by Gasteiger charge is -2.12. The number of carbonyl (C=O) groups is 3. The van der Waals surface area contributed by atoms with Crippen molar-refractivity contribution in [3.8, 4) is 5.75 Å². The number of benzene rings is 3. The fourth-order valence-electron chi connectivity index (χ4n) is 2.64. The first-order chi connectivity index (χ1) is 14.6. The summed E-state index contributed by atoms with van der Waals surface area (Å²) in [4.78, 5) is 36.2. The smallest absolute Gasteiger partial charge is 0.337 e. The van der Waals surface area contributed by atoms with Crippen molar-refractivity contribution in [3.05, 3.63) is 101 Å². The Morgan fingerprint density at radius 1 is 0.733 bits per heavy atom. The summed E-state index contributed by atoms with van der Waals surface area (Å²) in [5.41, 5.74) is 6.58. The third-order valence-electron chi connectivity index (χ3n) is 4.23. The standard InChI is InChI=1S/C23H20N2O5/c1-29-23(28)18-13-11-17(12-14-18)21(26)24-25-22(27)19-9-5-6-10-20(19)30-15-16-7-3-2-4-8-16/h2-14H,15H2,1H3,(H,24,26)(H,25,27). The van der Waals surface area contributed by atoms with Gasteiger partial charge >= 0.3 is 5.97 Å². The molecule has 3 aromatic rings. The van der Waals surface area contributed by atoms with Gasteiger partial charge in [0.05, 0.1) is 18.2 Å². The van der Waals surface area contributed by atoms with Gasteiger partial charge in [-0.3, -0.25) is 20.4 Å². The maximum atomic E-state index is 12.5. The first-order valence-corrected chi connectivity index (χ1v) is 9.13. The number of hydrogen-bond donors (Lipinski definition) is 2. The summed E-state index contributed by atoms with van der Waals surface area (Å²) in [5, 5.41) is 0. The summed E-state index contributed by atoms with van der Waals surface area (Å²) in [6, 6.07) is 22.2. The number of carbonyl (C=O) groups excluding carboxylic acids is 3. The third-order valence-corrected chi connectivity index (χ3v) is 4.23. The molecule has 0 heterocycles. The van der Waals surface area contributed by atoms with Gasteiger partial charge in [0.1, 0.15) is 12.4 Å². The number of amides is 2. The molecular weight excluding hydrogens is 384 g/mol. The Bertz CT molecular complexity index is 1030. The highest BCUT2D eigenvalue weighted by molar-refractivity contribution is 6.01. The number of hydrazine groups is 1. The molecule has 152 valence electrons. The highest BCUT2D eigenvalue weighted by Crippen LogP contribution is 2.19. The van der Waals surface area contributed by atoms with Gasteiger partial charge in [0.2, 0.25) is 0 Å². The molecule has 0 saturated heterocycles. The molecule has 0 aliphatic heterocycles. The maximum absolute atomic E-state index is 12.5. The van der Waals surface area contributed by atoms with Gasteiger partial charge < -0.3 is 9.47 Å². The molecular formula is C23H20N2O5. The van der Waals surface area contributed by atoms with Crippen LogP contribution in [-0.2, 0) is 11.3 Å². The number of methoxy groups -OCH3 is 1. The molecule has 2 N–H and O–H groups in total. The van der Waals surface area contributed by atoms with Gasteiger partial charge in [-0.25, -0.2) is 4.79 Å². The molecule has 0 aromatic heterocycles. The van der Waals surface area contributed by atoms with Crippen molar-refractivity contribution in [1.29, 1.82) is 0 Å². The average Bonchev–Trinajstić information content (AvgIpc) is 2.81. The molecule has 0 spiro atoms. The molecule has 0 bridgehead atoms. The van der Waals surface area contributed by atoms with Crippen molar-refractivity contribution < 1.29 is 23.9 Å². The number of hydrogen-bond acceptors (Lipinski definition) is 5. The van der Waals surface area contributed by atoms with E-state index in [9.17, 15) is 14.4 Å². The lowest BCUT2D eigenvalue weighted by molar-refractivity contribution is 0.0600. The number of ether oxygens (including phenoxy) is 2. The molecule has 2 amide bonds. The summed E-state index contributed by atoms with van der Waals surface area (Å²) in [7, 11) is 1.28. The van der Waals surface area contributed by atoms with Crippen molar-refractivity contribution in [2.45, 2.75) is 6.61 Å². The summed E-state index contributed by atoms with van der Waals surface area (Å²) >= 11 is 0. The van der Waals surface area contributed by atoms with Crippen LogP contribution in [0.4, 0.5) is 0 Å². The van der Waals surface area contributed by atoms with Crippen LogP contribution in [0.1, 0.15) is 36.6 Å². The Kier molecular flexibility index (Phi) is 6.78. The van der Waals surface area contributed by atoms with Gasteiger partial charge in [-0.15, -0.1) is 0 Å². The second kappa shape index (κ2) is 9.88. The first-order valence-electron chi connectivity index (χ1n) is 9.13. The van der Waals surface area contributed by atoms with Crippen LogP contribution in [0, 0.1) is 0 Å². The predicted molar refractivity (Wildman–Crippen MR) is 110 cm³/mol. The number of esters is 1. The van der Waals surface area contributed by atoms with E-state index >= 15 is 0 Å². The van der Waals surface area contributed by atoms with Crippen LogP contribution >= 0.6 is 0 Å². The number of para-hydroxylation sites is 1. The quantitative estimate of drug-likeness (QED) is 0.486. The third kappa shape index (κ3) is 5.23. The van der Waals surface area contributed by atoms with Crippen LogP contribution in [0.25, 0.3) is 0 Å². The Balaban J connectivity index is 1.60. The van der Waals surface area contributed by atoms with Crippen molar-refractivity contribution >= 4 is 17.8 Å². The zero-order chi connectivity index (χ0) is 21.3. The molecule has 30 heavy (non-hydrogen) atoms. The molecule has 7 nitrogen and oxygen atoms in total. The lowest BCUT2D eigenvalue weighted by Crippen LogP contribution is -2.41. The maximum Gasteiger partial charge on any atom is 0.337 e.